The number of carboxylic acid groups (broad SMARTS) is 2. The van der Waals surface area contributed by atoms with Crippen LogP contribution < -0.4 is 0 Å². The number of carbonyl (C=O) groups is 1. The van der Waals surface area contributed by atoms with Crippen molar-refractivity contribution in [1.29, 1.82) is 0 Å². The van der Waals surface area contributed by atoms with E-state index in [0.717, 1.165) is 0 Å². The van der Waals surface area contributed by atoms with E-state index in [0.29, 0.717) is 0 Å². The van der Waals surface area contributed by atoms with Crippen molar-refractivity contribution < 1.29 is 49.3 Å². The Bertz CT molecular complexity index is 143. The van der Waals surface area contributed by atoms with Gasteiger partial charge in [0.05, 0.1) is 0 Å². The molecule has 0 aliphatic rings. The van der Waals surface area contributed by atoms with E-state index < -0.39 is 21.3 Å². The van der Waals surface area contributed by atoms with E-state index in [1.165, 1.54) is 0 Å². The Morgan fingerprint density at radius 1 is 1.00 bits per heavy atom. The molecule has 0 aromatic heterocycles. The molecule has 0 aliphatic heterocycles. The predicted molar refractivity (Wildman–Crippen MR) is 37.3 cm³/mol. The van der Waals surface area contributed by atoms with Crippen LogP contribution in [0.4, 0.5) is 4.79 Å². The molecular weight excluding hydrogens is 214 g/mol. The average Bonchev–Trinajstić information content (AvgIpc) is 1.50. The monoisotopic (exact) mass is 222 g/mol. The van der Waals surface area contributed by atoms with Gasteiger partial charge in [0.15, 0.2) is 0 Å². The van der Waals surface area contributed by atoms with Crippen molar-refractivity contribution in [3.05, 3.63) is 0 Å². The van der Waals surface area contributed by atoms with Crippen molar-refractivity contribution in [3.63, 3.8) is 0 Å². The first kappa shape index (κ1) is 18.2. The molecule has 8 N–H and O–H groups in total. The molecule has 0 amide bonds. The highest BCUT2D eigenvalue weighted by Crippen LogP contribution is 2.25. The maximum absolute atomic E-state index is 8.88. The molecule has 0 radical (unpaired) electrons. The summed E-state index contributed by atoms with van der Waals surface area (Å²) in [5.41, 5.74) is 0. The number of phosphoric acid groups is 1. The maximum atomic E-state index is 8.88. The molecule has 10 nitrogen and oxygen atoms in total. The zero-order chi connectivity index (χ0) is 11.7. The molecule has 0 rings (SSSR count). The Hall–Kier alpha value is -0.675. The van der Waals surface area contributed by atoms with Crippen LogP contribution in [0.15, 0.2) is 0 Å². The lowest BCUT2D eigenvalue weighted by Gasteiger charge is -1.82. The van der Waals surface area contributed by atoms with Crippen LogP contribution in [0.2, 0.25) is 0 Å². The van der Waals surface area contributed by atoms with E-state index in [1.807, 2.05) is 0 Å². The van der Waals surface area contributed by atoms with Crippen LogP contribution >= 0.6 is 7.82 Å². The van der Waals surface area contributed by atoms with Gasteiger partial charge in [-0.1, -0.05) is 0 Å². The van der Waals surface area contributed by atoms with Crippen LogP contribution in [0.5, 0.6) is 0 Å². The Morgan fingerprint density at radius 2 is 1.00 bits per heavy atom. The van der Waals surface area contributed by atoms with Crippen molar-refractivity contribution >= 4 is 21.3 Å². The van der Waals surface area contributed by atoms with Gasteiger partial charge >= 0.3 is 21.3 Å². The predicted octanol–water partition coefficient (Wildman–Crippen LogP) is -2.76. The van der Waals surface area contributed by atoms with Crippen molar-refractivity contribution in [2.24, 2.45) is 0 Å². The van der Waals surface area contributed by atoms with Crippen molar-refractivity contribution in [3.8, 4) is 0 Å². The van der Waals surface area contributed by atoms with Gasteiger partial charge in [-0.25, -0.2) is 9.36 Å². The first-order valence-corrected chi connectivity index (χ1v) is 3.77. The minimum atomic E-state index is -4.64. The highest BCUT2D eigenvalue weighted by atomic mass is 31.2. The zero-order valence-electron chi connectivity index (χ0n) is 5.92. The Morgan fingerprint density at radius 3 is 1.00 bits per heavy atom. The maximum Gasteiger partial charge on any atom is 0.631 e. The standard InChI is InChI=1S/CH2O3.BH3O3.H3O4P/c2*2-1(3)4;1-5(2,3)4/h(H2,2,3,4);2-4H;(H3,1,2,3,4). The van der Waals surface area contributed by atoms with E-state index in [9.17, 15) is 0 Å². The minimum absolute atomic E-state index is 1.83. The summed E-state index contributed by atoms with van der Waals surface area (Å²) in [5.74, 6) is 0. The van der Waals surface area contributed by atoms with E-state index in [1.54, 1.807) is 0 Å². The van der Waals surface area contributed by atoms with Gasteiger partial charge < -0.3 is 40.0 Å². The normalized spacial score (nSPS) is 8.46. The lowest BCUT2D eigenvalue weighted by molar-refractivity contribution is 0.137. The van der Waals surface area contributed by atoms with E-state index in [-0.39, 0.29) is 0 Å². The molecule has 12 heteroatoms. The average molecular weight is 222 g/mol. The molecule has 0 unspecified atom stereocenters. The van der Waals surface area contributed by atoms with Gasteiger partial charge in [-0.3, -0.25) is 0 Å². The lowest BCUT2D eigenvalue weighted by atomic mass is 10.3. The second-order valence-corrected chi connectivity index (χ2v) is 2.17. The zero-order valence-corrected chi connectivity index (χ0v) is 6.81. The molecule has 0 spiro atoms. The Kier molecular flexibility index (Phi) is 13.2. The van der Waals surface area contributed by atoms with Gasteiger partial charge in [-0.15, -0.1) is 0 Å². The summed E-state index contributed by atoms with van der Waals surface area (Å²) in [7, 11) is -6.81. The molecular formula is CH8BO10P. The summed E-state index contributed by atoms with van der Waals surface area (Å²) < 4.78 is 8.88. The molecule has 0 aromatic carbocycles. The first-order valence-electron chi connectivity index (χ1n) is 2.21. The summed E-state index contributed by atoms with van der Waals surface area (Å²) in [6.07, 6.45) is -1.83. The highest BCUT2D eigenvalue weighted by Gasteiger charge is 2.00. The van der Waals surface area contributed by atoms with Gasteiger partial charge in [0, 0.05) is 0 Å². The molecule has 0 fully saturated rings. The van der Waals surface area contributed by atoms with E-state index in [2.05, 4.69) is 0 Å². The fourth-order valence-electron chi connectivity index (χ4n) is 0. The highest BCUT2D eigenvalue weighted by molar-refractivity contribution is 7.45. The number of rotatable bonds is 0. The summed E-state index contributed by atoms with van der Waals surface area (Å²) in [4.78, 5) is 30.1. The van der Waals surface area contributed by atoms with Crippen LogP contribution in [-0.2, 0) is 4.57 Å². The van der Waals surface area contributed by atoms with Gasteiger partial charge in [-0.05, 0) is 0 Å². The van der Waals surface area contributed by atoms with Gasteiger partial charge in [0.25, 0.3) is 0 Å². The Labute approximate surface area is 71.7 Å². The van der Waals surface area contributed by atoms with Crippen LogP contribution in [0, 0.1) is 0 Å². The Balaban J connectivity index is -0.000000117. The third-order valence-electron chi connectivity index (χ3n) is 0. The third-order valence-corrected chi connectivity index (χ3v) is 0. The summed E-state index contributed by atoms with van der Waals surface area (Å²) >= 11 is 0. The quantitative estimate of drug-likeness (QED) is 0.157. The van der Waals surface area contributed by atoms with Gasteiger partial charge in [0.1, 0.15) is 0 Å². The smallest absolute Gasteiger partial charge is 0.450 e. The summed E-state index contributed by atoms with van der Waals surface area (Å²) in [5, 5.41) is 35.4. The van der Waals surface area contributed by atoms with E-state index in [4.69, 9.17) is 49.3 Å². The van der Waals surface area contributed by atoms with Gasteiger partial charge in [-0.2, -0.15) is 0 Å². The number of hydrogen-bond acceptors (Lipinski definition) is 5. The molecule has 0 bridgehead atoms. The van der Waals surface area contributed by atoms with Crippen molar-refractivity contribution in [2.75, 3.05) is 0 Å². The molecule has 0 heterocycles. The minimum Gasteiger partial charge on any atom is -0.450 e. The fourth-order valence-corrected chi connectivity index (χ4v) is 0. The molecule has 0 atom stereocenters. The summed E-state index contributed by atoms with van der Waals surface area (Å²) in [6.45, 7) is 0. The molecule has 13 heavy (non-hydrogen) atoms. The topological polar surface area (TPSA) is 196 Å². The first-order chi connectivity index (χ1) is 5.46. The third kappa shape index (κ3) is 2160. The van der Waals surface area contributed by atoms with Crippen LogP contribution in [0.1, 0.15) is 0 Å². The molecule has 80 valence electrons. The second-order valence-electron chi connectivity index (χ2n) is 1.14. The molecule has 0 saturated heterocycles. The fraction of sp³-hybridized carbons (Fsp3) is 0. The summed E-state index contributed by atoms with van der Waals surface area (Å²) in [6, 6.07) is 0. The van der Waals surface area contributed by atoms with Crippen LogP contribution in [0.25, 0.3) is 0 Å². The van der Waals surface area contributed by atoms with Crippen LogP contribution in [0.3, 0.4) is 0 Å². The van der Waals surface area contributed by atoms with Crippen molar-refractivity contribution in [2.45, 2.75) is 0 Å². The second kappa shape index (κ2) is 9.41. The van der Waals surface area contributed by atoms with E-state index >= 15 is 0 Å². The lowest BCUT2D eigenvalue weighted by Crippen LogP contribution is -2.07. The van der Waals surface area contributed by atoms with Crippen molar-refractivity contribution in [1.82, 2.24) is 0 Å². The molecule has 0 saturated carbocycles. The SMILES string of the molecule is O=C(O)O.O=P(O)(O)O.OB(O)O. The van der Waals surface area contributed by atoms with Crippen LogP contribution in [-0.4, -0.2) is 53.4 Å². The molecule has 0 aliphatic carbocycles. The number of hydrogen-bond donors (Lipinski definition) is 8. The molecule has 0 aromatic rings. The largest absolute Gasteiger partial charge is 0.631 e. The van der Waals surface area contributed by atoms with Gasteiger partial charge in [0.2, 0.25) is 0 Å².